The van der Waals surface area contributed by atoms with Crippen LogP contribution in [0.1, 0.15) is 40.8 Å². The number of amides is 1. The largest absolute Gasteiger partial charge is 0.444 e. The molecule has 0 radical (unpaired) electrons. The van der Waals surface area contributed by atoms with Gasteiger partial charge in [0.25, 0.3) is 5.89 Å². The highest BCUT2D eigenvalue weighted by Crippen LogP contribution is 2.50. The first-order valence-electron chi connectivity index (χ1n) is 10.0. The van der Waals surface area contributed by atoms with Crippen LogP contribution in [0.5, 0.6) is 0 Å². The Morgan fingerprint density at radius 2 is 2.03 bits per heavy atom. The molecule has 0 aliphatic heterocycles. The molecule has 1 aliphatic rings. The van der Waals surface area contributed by atoms with Gasteiger partial charge in [-0.2, -0.15) is 14.3 Å². The summed E-state index contributed by atoms with van der Waals surface area (Å²) in [5.74, 6) is 5.87. The van der Waals surface area contributed by atoms with E-state index in [2.05, 4.69) is 31.5 Å². The SMILES string of the molecule is Cc1snc(C#Cc2nc3nc(C4(C(O)O)CC4)oc3o2)c1NC(=O)OCc1ccccc1. The Labute approximate surface area is 191 Å². The summed E-state index contributed by atoms with van der Waals surface area (Å²) in [6, 6.07) is 9.35. The molecule has 3 heterocycles. The smallest absolute Gasteiger partial charge is 0.412 e. The second-order valence-corrected chi connectivity index (χ2v) is 8.56. The summed E-state index contributed by atoms with van der Waals surface area (Å²) in [6.07, 6.45) is -1.05. The minimum atomic E-state index is -1.56. The molecule has 1 saturated carbocycles. The highest BCUT2D eigenvalue weighted by molar-refractivity contribution is 7.06. The number of aryl methyl sites for hydroxylation is 1. The summed E-state index contributed by atoms with van der Waals surface area (Å²) in [5.41, 5.74) is 0.979. The van der Waals surface area contributed by atoms with Crippen molar-refractivity contribution in [2.45, 2.75) is 38.1 Å². The van der Waals surface area contributed by atoms with Crippen LogP contribution in [0.3, 0.4) is 0 Å². The van der Waals surface area contributed by atoms with Crippen LogP contribution >= 0.6 is 11.5 Å². The van der Waals surface area contributed by atoms with E-state index in [9.17, 15) is 15.0 Å². The number of anilines is 1. The van der Waals surface area contributed by atoms with Crippen LogP contribution in [0.25, 0.3) is 11.4 Å². The molecular formula is C22H18N4O6S. The zero-order valence-corrected chi connectivity index (χ0v) is 18.2. The van der Waals surface area contributed by atoms with Gasteiger partial charge in [0.05, 0.1) is 11.1 Å². The fourth-order valence-corrected chi connectivity index (χ4v) is 3.81. The topological polar surface area (TPSA) is 144 Å². The van der Waals surface area contributed by atoms with Crippen LogP contribution in [0, 0.1) is 18.8 Å². The van der Waals surface area contributed by atoms with E-state index in [1.54, 1.807) is 0 Å². The van der Waals surface area contributed by atoms with Crippen molar-refractivity contribution in [2.75, 3.05) is 5.32 Å². The van der Waals surface area contributed by atoms with Gasteiger partial charge in [0.15, 0.2) is 12.0 Å². The molecule has 168 valence electrons. The molecule has 1 aromatic carbocycles. The lowest BCUT2D eigenvalue weighted by atomic mass is 10.1. The zero-order valence-electron chi connectivity index (χ0n) is 17.4. The Balaban J connectivity index is 1.29. The Morgan fingerprint density at radius 1 is 1.24 bits per heavy atom. The van der Waals surface area contributed by atoms with E-state index in [0.717, 1.165) is 10.4 Å². The number of nitrogens with one attached hydrogen (secondary N) is 1. The molecule has 11 heteroatoms. The Kier molecular flexibility index (Phi) is 5.33. The molecule has 1 fully saturated rings. The lowest BCUT2D eigenvalue weighted by Crippen LogP contribution is -2.25. The average Bonchev–Trinajstić information content (AvgIpc) is 3.24. The number of hydrogen-bond donors (Lipinski definition) is 3. The van der Waals surface area contributed by atoms with Crippen molar-refractivity contribution in [3.8, 4) is 11.8 Å². The van der Waals surface area contributed by atoms with Crippen molar-refractivity contribution >= 4 is 34.7 Å². The van der Waals surface area contributed by atoms with E-state index in [0.29, 0.717) is 24.2 Å². The van der Waals surface area contributed by atoms with Crippen molar-refractivity contribution in [3.63, 3.8) is 0 Å². The molecule has 3 aromatic heterocycles. The molecule has 4 aromatic rings. The van der Waals surface area contributed by atoms with Gasteiger partial charge in [-0.15, -0.1) is 0 Å². The predicted molar refractivity (Wildman–Crippen MR) is 116 cm³/mol. The van der Waals surface area contributed by atoms with Crippen LogP contribution in [-0.4, -0.2) is 36.9 Å². The number of rotatable bonds is 5. The molecule has 1 aliphatic carbocycles. The first-order chi connectivity index (χ1) is 15.9. The van der Waals surface area contributed by atoms with Crippen LogP contribution in [0.15, 0.2) is 39.2 Å². The summed E-state index contributed by atoms with van der Waals surface area (Å²) in [4.78, 5) is 21.4. The number of hydrogen-bond acceptors (Lipinski definition) is 10. The summed E-state index contributed by atoms with van der Waals surface area (Å²) >= 11 is 1.19. The van der Waals surface area contributed by atoms with Gasteiger partial charge in [-0.3, -0.25) is 5.32 Å². The van der Waals surface area contributed by atoms with Crippen LogP contribution in [0.2, 0.25) is 0 Å². The standard InChI is InChI=1S/C22H18N4O6S/c1-12-16(24-21(29)30-11-13-5-3-2-4-6-13)14(26-33-12)7-8-15-23-17-18(31-15)32-19(25-17)22(9-10-22)20(27)28/h2-6,20,27-28H,9-11H2,1H3,(H,24,29). The maximum Gasteiger partial charge on any atom is 0.412 e. The van der Waals surface area contributed by atoms with Gasteiger partial charge in [0, 0.05) is 10.8 Å². The Hall–Kier alpha value is -3.72. The molecule has 10 nitrogen and oxygen atoms in total. The first-order valence-corrected chi connectivity index (χ1v) is 10.8. The van der Waals surface area contributed by atoms with E-state index in [1.165, 1.54) is 11.5 Å². The van der Waals surface area contributed by atoms with Crippen LogP contribution < -0.4 is 5.32 Å². The van der Waals surface area contributed by atoms with E-state index in [4.69, 9.17) is 13.6 Å². The normalized spacial score (nSPS) is 14.2. The van der Waals surface area contributed by atoms with Crippen molar-refractivity contribution in [2.24, 2.45) is 0 Å². The van der Waals surface area contributed by atoms with Crippen LogP contribution in [-0.2, 0) is 16.8 Å². The van der Waals surface area contributed by atoms with Gasteiger partial charge in [0.2, 0.25) is 11.5 Å². The molecule has 0 bridgehead atoms. The van der Waals surface area contributed by atoms with E-state index in [-0.39, 0.29) is 29.8 Å². The molecule has 1 amide bonds. The second-order valence-electron chi connectivity index (χ2n) is 7.58. The lowest BCUT2D eigenvalue weighted by molar-refractivity contribution is -0.0750. The highest BCUT2D eigenvalue weighted by atomic mass is 32.1. The zero-order chi connectivity index (χ0) is 23.0. The number of aromatic nitrogens is 3. The number of fused-ring (bicyclic) bond motifs is 1. The van der Waals surface area contributed by atoms with E-state index in [1.807, 2.05) is 37.3 Å². The maximum atomic E-state index is 12.2. The number of aliphatic hydroxyl groups excluding tert-OH is 1. The summed E-state index contributed by atoms with van der Waals surface area (Å²) in [5, 5.41) is 21.8. The third-order valence-electron chi connectivity index (χ3n) is 5.28. The van der Waals surface area contributed by atoms with E-state index < -0.39 is 17.8 Å². The molecule has 0 spiro atoms. The van der Waals surface area contributed by atoms with Crippen molar-refractivity contribution in [1.29, 1.82) is 0 Å². The van der Waals surface area contributed by atoms with Gasteiger partial charge in [0.1, 0.15) is 6.61 Å². The minimum Gasteiger partial charge on any atom is -0.444 e. The molecule has 5 rings (SSSR count). The first kappa shape index (κ1) is 21.1. The monoisotopic (exact) mass is 466 g/mol. The summed E-state index contributed by atoms with van der Waals surface area (Å²) in [6.45, 7) is 1.95. The third kappa shape index (κ3) is 4.19. The average molecular weight is 466 g/mol. The third-order valence-corrected chi connectivity index (χ3v) is 6.03. The van der Waals surface area contributed by atoms with Gasteiger partial charge in [-0.25, -0.2) is 4.79 Å². The number of carbonyl (C=O) groups is 1. The van der Waals surface area contributed by atoms with Gasteiger partial charge in [-0.05, 0) is 42.8 Å². The molecule has 0 unspecified atom stereocenters. The number of oxazole rings is 2. The molecule has 3 N–H and O–H groups in total. The second kappa shape index (κ2) is 8.32. The van der Waals surface area contributed by atoms with Crippen molar-refractivity contribution < 1.29 is 28.6 Å². The number of carbonyl (C=O) groups excluding carboxylic acids is 1. The highest BCUT2D eigenvalue weighted by Gasteiger charge is 2.55. The number of ether oxygens (including phenoxy) is 1. The van der Waals surface area contributed by atoms with Gasteiger partial charge < -0.3 is 23.8 Å². The summed E-state index contributed by atoms with van der Waals surface area (Å²) < 4.78 is 20.5. The molecular weight excluding hydrogens is 448 g/mol. The Morgan fingerprint density at radius 3 is 2.73 bits per heavy atom. The molecule has 33 heavy (non-hydrogen) atoms. The van der Waals surface area contributed by atoms with Gasteiger partial charge >= 0.3 is 11.9 Å². The molecule has 0 saturated heterocycles. The lowest BCUT2D eigenvalue weighted by Gasteiger charge is -2.11. The van der Waals surface area contributed by atoms with Crippen molar-refractivity contribution in [1.82, 2.24) is 14.3 Å². The fourth-order valence-electron chi connectivity index (χ4n) is 3.20. The minimum absolute atomic E-state index is 0.0542. The quantitative estimate of drug-likeness (QED) is 0.298. The number of nitrogens with zero attached hydrogens (tertiary/aromatic N) is 3. The maximum absolute atomic E-state index is 12.2. The van der Waals surface area contributed by atoms with E-state index >= 15 is 0 Å². The van der Waals surface area contributed by atoms with Crippen LogP contribution in [0.4, 0.5) is 10.5 Å². The predicted octanol–water partition coefficient (Wildman–Crippen LogP) is 3.07. The fraction of sp³-hybridized carbons (Fsp3) is 0.273. The molecule has 0 atom stereocenters. The number of aliphatic hydroxyl groups is 2. The van der Waals surface area contributed by atoms with Gasteiger partial charge in [-0.1, -0.05) is 30.3 Å². The number of benzene rings is 1. The summed E-state index contributed by atoms with van der Waals surface area (Å²) in [7, 11) is 0. The Bertz CT molecular complexity index is 1340. The van der Waals surface area contributed by atoms with Crippen molar-refractivity contribution in [3.05, 3.63) is 58.2 Å².